The van der Waals surface area contributed by atoms with E-state index in [0.717, 1.165) is 18.0 Å². The second-order valence-corrected chi connectivity index (χ2v) is 4.14. The van der Waals surface area contributed by atoms with Crippen molar-refractivity contribution in [1.82, 2.24) is 20.1 Å². The van der Waals surface area contributed by atoms with Gasteiger partial charge in [0, 0.05) is 7.05 Å². The molecule has 0 saturated heterocycles. The first-order valence-electron chi connectivity index (χ1n) is 5.88. The van der Waals surface area contributed by atoms with Gasteiger partial charge < -0.3 is 10.1 Å². The van der Waals surface area contributed by atoms with Gasteiger partial charge in [-0.25, -0.2) is 4.98 Å². The summed E-state index contributed by atoms with van der Waals surface area (Å²) >= 11 is 0. The summed E-state index contributed by atoms with van der Waals surface area (Å²) in [6.07, 6.45) is 2.42. The summed E-state index contributed by atoms with van der Waals surface area (Å²) in [6.45, 7) is 0. The second-order valence-electron chi connectivity index (χ2n) is 4.14. The lowest BCUT2D eigenvalue weighted by Gasteiger charge is -2.15. The Bertz CT molecular complexity index is 509. The molecule has 1 heterocycles. The minimum Gasteiger partial charge on any atom is -0.497 e. The Labute approximate surface area is 107 Å². The zero-order valence-electron chi connectivity index (χ0n) is 10.9. The van der Waals surface area contributed by atoms with Crippen LogP contribution in [0.25, 0.3) is 0 Å². The highest BCUT2D eigenvalue weighted by atomic mass is 16.5. The van der Waals surface area contributed by atoms with Crippen molar-refractivity contribution >= 4 is 0 Å². The average molecular weight is 246 g/mol. The molecule has 2 rings (SSSR count). The van der Waals surface area contributed by atoms with Crippen molar-refractivity contribution in [3.63, 3.8) is 0 Å². The van der Waals surface area contributed by atoms with Gasteiger partial charge in [-0.3, -0.25) is 4.68 Å². The van der Waals surface area contributed by atoms with Crippen molar-refractivity contribution in [2.75, 3.05) is 14.2 Å². The summed E-state index contributed by atoms with van der Waals surface area (Å²) in [7, 11) is 5.51. The van der Waals surface area contributed by atoms with Gasteiger partial charge in [-0.15, -0.1) is 0 Å². The number of rotatable bonds is 5. The van der Waals surface area contributed by atoms with E-state index < -0.39 is 0 Å². The van der Waals surface area contributed by atoms with Gasteiger partial charge >= 0.3 is 0 Å². The van der Waals surface area contributed by atoms with Crippen LogP contribution in [0.2, 0.25) is 0 Å². The molecule has 1 unspecified atom stereocenters. The molecule has 0 amide bonds. The molecule has 1 N–H and O–H groups in total. The Hall–Kier alpha value is -1.88. The van der Waals surface area contributed by atoms with Crippen LogP contribution in [0.1, 0.15) is 17.4 Å². The van der Waals surface area contributed by atoms with Gasteiger partial charge in [0.2, 0.25) is 0 Å². The molecule has 0 aliphatic carbocycles. The number of nitrogens with zero attached hydrogens (tertiary/aromatic N) is 3. The number of methoxy groups -OCH3 is 1. The first-order chi connectivity index (χ1) is 8.74. The van der Waals surface area contributed by atoms with Crippen molar-refractivity contribution in [1.29, 1.82) is 0 Å². The number of hydrogen-bond donors (Lipinski definition) is 1. The topological polar surface area (TPSA) is 52.0 Å². The highest BCUT2D eigenvalue weighted by molar-refractivity contribution is 5.29. The monoisotopic (exact) mass is 246 g/mol. The molecular weight excluding hydrogens is 228 g/mol. The largest absolute Gasteiger partial charge is 0.497 e. The van der Waals surface area contributed by atoms with Gasteiger partial charge in [-0.1, -0.05) is 12.1 Å². The minimum absolute atomic E-state index is 0.143. The maximum atomic E-state index is 5.23. The van der Waals surface area contributed by atoms with E-state index in [1.165, 1.54) is 5.56 Å². The lowest BCUT2D eigenvalue weighted by Crippen LogP contribution is -2.22. The van der Waals surface area contributed by atoms with Gasteiger partial charge in [0.25, 0.3) is 0 Å². The molecule has 1 aromatic carbocycles. The highest BCUT2D eigenvalue weighted by Crippen LogP contribution is 2.19. The van der Waals surface area contributed by atoms with Crippen LogP contribution in [0.15, 0.2) is 30.6 Å². The van der Waals surface area contributed by atoms with Crippen molar-refractivity contribution in [2.24, 2.45) is 7.05 Å². The van der Waals surface area contributed by atoms with Crippen LogP contribution in [0.5, 0.6) is 5.75 Å². The summed E-state index contributed by atoms with van der Waals surface area (Å²) in [5.41, 5.74) is 1.21. The van der Waals surface area contributed by atoms with E-state index in [4.69, 9.17) is 4.74 Å². The molecule has 96 valence electrons. The number of benzene rings is 1. The number of hydrogen-bond acceptors (Lipinski definition) is 4. The lowest BCUT2D eigenvalue weighted by atomic mass is 10.1. The zero-order chi connectivity index (χ0) is 13.0. The van der Waals surface area contributed by atoms with Crippen molar-refractivity contribution < 1.29 is 4.74 Å². The molecule has 1 atom stereocenters. The first-order valence-corrected chi connectivity index (χ1v) is 5.88. The fourth-order valence-corrected chi connectivity index (χ4v) is 1.98. The smallest absolute Gasteiger partial charge is 0.144 e. The molecule has 0 fully saturated rings. The van der Waals surface area contributed by atoms with Crippen molar-refractivity contribution in [2.45, 2.75) is 12.5 Å². The predicted octanol–water partition coefficient (Wildman–Crippen LogP) is 1.33. The third-order valence-corrected chi connectivity index (χ3v) is 2.98. The van der Waals surface area contributed by atoms with Gasteiger partial charge in [0.1, 0.15) is 17.9 Å². The number of likely N-dealkylation sites (N-methyl/N-ethyl adjacent to an activating group) is 1. The molecule has 18 heavy (non-hydrogen) atoms. The molecule has 0 bridgehead atoms. The highest BCUT2D eigenvalue weighted by Gasteiger charge is 2.15. The molecule has 0 aliphatic rings. The second kappa shape index (κ2) is 5.64. The molecule has 0 radical (unpaired) electrons. The van der Waals surface area contributed by atoms with Crippen LogP contribution in [0.3, 0.4) is 0 Å². The summed E-state index contributed by atoms with van der Waals surface area (Å²) < 4.78 is 7.02. The van der Waals surface area contributed by atoms with E-state index in [9.17, 15) is 0 Å². The van der Waals surface area contributed by atoms with Crippen LogP contribution in [-0.4, -0.2) is 28.9 Å². The van der Waals surface area contributed by atoms with E-state index in [1.807, 2.05) is 32.3 Å². The fourth-order valence-electron chi connectivity index (χ4n) is 1.98. The number of aromatic nitrogens is 3. The van der Waals surface area contributed by atoms with Crippen LogP contribution in [-0.2, 0) is 13.5 Å². The molecule has 5 nitrogen and oxygen atoms in total. The van der Waals surface area contributed by atoms with E-state index in [0.29, 0.717) is 0 Å². The third kappa shape index (κ3) is 2.68. The molecule has 0 spiro atoms. The van der Waals surface area contributed by atoms with E-state index in [-0.39, 0.29) is 6.04 Å². The average Bonchev–Trinajstić information content (AvgIpc) is 2.82. The molecule has 1 aromatic heterocycles. The number of ether oxygens (including phenoxy) is 1. The van der Waals surface area contributed by atoms with Crippen LogP contribution < -0.4 is 10.1 Å². The quantitative estimate of drug-likeness (QED) is 0.864. The molecule has 0 aliphatic heterocycles. The fraction of sp³-hybridized carbons (Fsp3) is 0.385. The summed E-state index contributed by atoms with van der Waals surface area (Å²) in [6, 6.07) is 8.21. The standard InChI is InChI=1S/C13H18N4O/c1-14-12(13-15-9-16-17(13)2)8-10-5-4-6-11(7-10)18-3/h4-7,9,12,14H,8H2,1-3H3. The zero-order valence-corrected chi connectivity index (χ0v) is 10.9. The van der Waals surface area contributed by atoms with Crippen molar-refractivity contribution in [3.05, 3.63) is 42.0 Å². The third-order valence-electron chi connectivity index (χ3n) is 2.98. The molecule has 2 aromatic rings. The van der Waals surface area contributed by atoms with Crippen LogP contribution in [0.4, 0.5) is 0 Å². The summed E-state index contributed by atoms with van der Waals surface area (Å²) in [5, 5.41) is 7.37. The maximum Gasteiger partial charge on any atom is 0.144 e. The number of aryl methyl sites for hydroxylation is 1. The van der Waals surface area contributed by atoms with Crippen LogP contribution >= 0.6 is 0 Å². The van der Waals surface area contributed by atoms with E-state index >= 15 is 0 Å². The normalized spacial score (nSPS) is 12.4. The molecular formula is C13H18N4O. The SMILES string of the molecule is CNC(Cc1cccc(OC)c1)c1ncnn1C. The van der Waals surface area contributed by atoms with Crippen molar-refractivity contribution in [3.8, 4) is 5.75 Å². The summed E-state index contributed by atoms with van der Waals surface area (Å²) in [4.78, 5) is 4.28. The Morgan fingerprint density at radius 2 is 2.28 bits per heavy atom. The maximum absolute atomic E-state index is 5.23. The Morgan fingerprint density at radius 1 is 1.44 bits per heavy atom. The van der Waals surface area contributed by atoms with Crippen LogP contribution in [0, 0.1) is 0 Å². The Kier molecular flexibility index (Phi) is 3.94. The van der Waals surface area contributed by atoms with Gasteiger partial charge in [0.15, 0.2) is 0 Å². The van der Waals surface area contributed by atoms with Gasteiger partial charge in [-0.2, -0.15) is 5.10 Å². The Morgan fingerprint density at radius 3 is 2.89 bits per heavy atom. The van der Waals surface area contributed by atoms with Gasteiger partial charge in [0.05, 0.1) is 13.2 Å². The van der Waals surface area contributed by atoms with E-state index in [2.05, 4.69) is 21.5 Å². The lowest BCUT2D eigenvalue weighted by molar-refractivity contribution is 0.413. The predicted molar refractivity (Wildman–Crippen MR) is 69.5 cm³/mol. The van der Waals surface area contributed by atoms with Gasteiger partial charge in [-0.05, 0) is 31.2 Å². The summed E-state index contributed by atoms with van der Waals surface area (Å²) in [5.74, 6) is 1.81. The first kappa shape index (κ1) is 12.6. The van der Waals surface area contributed by atoms with E-state index in [1.54, 1.807) is 18.1 Å². The number of nitrogens with one attached hydrogen (secondary N) is 1. The minimum atomic E-state index is 0.143. The Balaban J connectivity index is 2.18. The molecule has 0 saturated carbocycles. The molecule has 5 heteroatoms.